The van der Waals surface area contributed by atoms with E-state index in [9.17, 15) is 0 Å². The normalized spacial score (nSPS) is 10.8. The first kappa shape index (κ1) is 11.5. The van der Waals surface area contributed by atoms with Crippen molar-refractivity contribution in [3.05, 3.63) is 29.8 Å². The van der Waals surface area contributed by atoms with Crippen LogP contribution in [0.15, 0.2) is 28.8 Å². The van der Waals surface area contributed by atoms with Gasteiger partial charge >= 0.3 is 0 Å². The molecule has 0 fully saturated rings. The molecule has 0 unspecified atom stereocenters. The van der Waals surface area contributed by atoms with Crippen molar-refractivity contribution in [1.29, 1.82) is 0 Å². The maximum absolute atomic E-state index is 5.81. The number of anilines is 1. The quantitative estimate of drug-likeness (QED) is 0.883. The van der Waals surface area contributed by atoms with Gasteiger partial charge in [0.1, 0.15) is 5.75 Å². The van der Waals surface area contributed by atoms with Crippen molar-refractivity contribution in [1.82, 2.24) is 5.16 Å². The number of aromatic nitrogens is 1. The van der Waals surface area contributed by atoms with Crippen LogP contribution in [0.4, 0.5) is 5.82 Å². The van der Waals surface area contributed by atoms with Crippen LogP contribution in [0, 0.1) is 0 Å². The monoisotopic (exact) mass is 232 g/mol. The Morgan fingerprint density at radius 2 is 1.88 bits per heavy atom. The predicted molar refractivity (Wildman–Crippen MR) is 67.0 cm³/mol. The summed E-state index contributed by atoms with van der Waals surface area (Å²) in [7, 11) is 1.64. The molecule has 2 N–H and O–H groups in total. The third-order valence-corrected chi connectivity index (χ3v) is 2.69. The van der Waals surface area contributed by atoms with Crippen LogP contribution in [0.3, 0.4) is 0 Å². The van der Waals surface area contributed by atoms with Gasteiger partial charge in [-0.2, -0.15) is 0 Å². The summed E-state index contributed by atoms with van der Waals surface area (Å²) < 4.78 is 10.4. The topological polar surface area (TPSA) is 61.3 Å². The molecule has 0 aliphatic carbocycles. The van der Waals surface area contributed by atoms with Gasteiger partial charge in [-0.25, -0.2) is 0 Å². The van der Waals surface area contributed by atoms with E-state index in [1.165, 1.54) is 0 Å². The Bertz CT molecular complexity index is 501. The Labute approximate surface area is 100 Å². The number of rotatable bonds is 3. The summed E-state index contributed by atoms with van der Waals surface area (Å²) in [5.74, 6) is 2.29. The summed E-state index contributed by atoms with van der Waals surface area (Å²) in [4.78, 5) is 0. The van der Waals surface area contributed by atoms with Crippen molar-refractivity contribution in [3.63, 3.8) is 0 Å². The van der Waals surface area contributed by atoms with Gasteiger partial charge in [0.25, 0.3) is 0 Å². The molecule has 90 valence electrons. The smallest absolute Gasteiger partial charge is 0.172 e. The van der Waals surface area contributed by atoms with E-state index in [0.717, 1.165) is 22.6 Å². The Kier molecular flexibility index (Phi) is 3.04. The van der Waals surface area contributed by atoms with E-state index in [-0.39, 0.29) is 5.92 Å². The van der Waals surface area contributed by atoms with Crippen molar-refractivity contribution in [3.8, 4) is 17.1 Å². The van der Waals surface area contributed by atoms with Crippen molar-refractivity contribution >= 4 is 5.82 Å². The lowest BCUT2D eigenvalue weighted by molar-refractivity contribution is 0.414. The minimum absolute atomic E-state index is 0.276. The molecule has 0 aliphatic rings. The molecule has 4 nitrogen and oxygen atoms in total. The third-order valence-electron chi connectivity index (χ3n) is 2.69. The number of methoxy groups -OCH3 is 1. The van der Waals surface area contributed by atoms with Crippen LogP contribution in [-0.2, 0) is 0 Å². The summed E-state index contributed by atoms with van der Waals surface area (Å²) in [6, 6.07) is 7.64. The van der Waals surface area contributed by atoms with Crippen molar-refractivity contribution < 1.29 is 9.26 Å². The maximum atomic E-state index is 5.81. The van der Waals surface area contributed by atoms with E-state index in [2.05, 4.69) is 19.0 Å². The molecule has 0 atom stereocenters. The summed E-state index contributed by atoms with van der Waals surface area (Å²) in [5.41, 5.74) is 7.72. The molecule has 1 aromatic heterocycles. The zero-order chi connectivity index (χ0) is 12.4. The number of nitrogen functional groups attached to an aromatic ring is 1. The first-order valence-electron chi connectivity index (χ1n) is 5.53. The van der Waals surface area contributed by atoms with Crippen molar-refractivity contribution in [2.75, 3.05) is 12.8 Å². The number of benzene rings is 1. The van der Waals surface area contributed by atoms with E-state index in [1.54, 1.807) is 7.11 Å². The molecule has 2 rings (SSSR count). The van der Waals surface area contributed by atoms with Gasteiger partial charge in [-0.15, -0.1) is 0 Å². The van der Waals surface area contributed by atoms with E-state index in [4.69, 9.17) is 15.0 Å². The van der Waals surface area contributed by atoms with Gasteiger partial charge < -0.3 is 15.0 Å². The largest absolute Gasteiger partial charge is 0.497 e. The highest BCUT2D eigenvalue weighted by Crippen LogP contribution is 2.33. The molecule has 4 heteroatoms. The number of nitrogens with zero attached hydrogens (tertiary/aromatic N) is 1. The Morgan fingerprint density at radius 3 is 2.41 bits per heavy atom. The first-order chi connectivity index (χ1) is 8.13. The Hall–Kier alpha value is -1.97. The molecule has 0 spiro atoms. The molecule has 0 aliphatic heterocycles. The lowest BCUT2D eigenvalue weighted by Gasteiger charge is -2.06. The average Bonchev–Trinajstić information content (AvgIpc) is 2.71. The number of hydrogen-bond acceptors (Lipinski definition) is 4. The standard InChI is InChI=1S/C13H16N2O2/c1-8(2)11-12(17-15-13(11)14)9-4-6-10(16-3)7-5-9/h4-8H,1-3H3,(H2,14,15). The van der Waals surface area contributed by atoms with Crippen LogP contribution in [0.5, 0.6) is 5.75 Å². The molecule has 2 aromatic rings. The second-order valence-corrected chi connectivity index (χ2v) is 4.19. The molecule has 1 heterocycles. The SMILES string of the molecule is COc1ccc(-c2onc(N)c2C(C)C)cc1. The summed E-state index contributed by atoms with van der Waals surface area (Å²) in [5, 5.41) is 3.83. The Balaban J connectivity index is 2.45. The zero-order valence-corrected chi connectivity index (χ0v) is 10.2. The van der Waals surface area contributed by atoms with Gasteiger partial charge in [-0.1, -0.05) is 19.0 Å². The highest BCUT2D eigenvalue weighted by Gasteiger charge is 2.18. The zero-order valence-electron chi connectivity index (χ0n) is 10.2. The predicted octanol–water partition coefficient (Wildman–Crippen LogP) is 3.06. The Morgan fingerprint density at radius 1 is 1.24 bits per heavy atom. The minimum atomic E-state index is 0.276. The van der Waals surface area contributed by atoms with Gasteiger partial charge in [0.2, 0.25) is 0 Å². The fourth-order valence-corrected chi connectivity index (χ4v) is 1.82. The van der Waals surface area contributed by atoms with Crippen LogP contribution in [0.1, 0.15) is 25.3 Å². The molecule has 17 heavy (non-hydrogen) atoms. The lowest BCUT2D eigenvalue weighted by atomic mass is 9.99. The van der Waals surface area contributed by atoms with Crippen LogP contribution in [0.2, 0.25) is 0 Å². The molecule has 0 radical (unpaired) electrons. The molecule has 0 saturated heterocycles. The molecule has 0 saturated carbocycles. The molecular formula is C13H16N2O2. The highest BCUT2D eigenvalue weighted by atomic mass is 16.5. The van der Waals surface area contributed by atoms with Gasteiger partial charge in [-0.3, -0.25) is 0 Å². The van der Waals surface area contributed by atoms with E-state index in [1.807, 2.05) is 24.3 Å². The number of hydrogen-bond donors (Lipinski definition) is 1. The first-order valence-corrected chi connectivity index (χ1v) is 5.53. The average molecular weight is 232 g/mol. The van der Waals surface area contributed by atoms with E-state index in [0.29, 0.717) is 5.82 Å². The molecule has 0 amide bonds. The van der Waals surface area contributed by atoms with E-state index < -0.39 is 0 Å². The van der Waals surface area contributed by atoms with Crippen LogP contribution < -0.4 is 10.5 Å². The fraction of sp³-hybridized carbons (Fsp3) is 0.308. The van der Waals surface area contributed by atoms with Crippen LogP contribution >= 0.6 is 0 Å². The molecular weight excluding hydrogens is 216 g/mol. The van der Waals surface area contributed by atoms with Gasteiger partial charge in [0, 0.05) is 11.1 Å². The van der Waals surface area contributed by atoms with Gasteiger partial charge in [0.05, 0.1) is 7.11 Å². The fourth-order valence-electron chi connectivity index (χ4n) is 1.82. The minimum Gasteiger partial charge on any atom is -0.497 e. The maximum Gasteiger partial charge on any atom is 0.172 e. The van der Waals surface area contributed by atoms with Gasteiger partial charge in [0.15, 0.2) is 11.6 Å². The lowest BCUT2D eigenvalue weighted by Crippen LogP contribution is -1.95. The summed E-state index contributed by atoms with van der Waals surface area (Å²) in [6.45, 7) is 4.13. The number of nitrogens with two attached hydrogens (primary N) is 1. The van der Waals surface area contributed by atoms with Crippen LogP contribution in [0.25, 0.3) is 11.3 Å². The second-order valence-electron chi connectivity index (χ2n) is 4.19. The van der Waals surface area contributed by atoms with Crippen molar-refractivity contribution in [2.24, 2.45) is 0 Å². The van der Waals surface area contributed by atoms with Crippen LogP contribution in [-0.4, -0.2) is 12.3 Å². The van der Waals surface area contributed by atoms with E-state index >= 15 is 0 Å². The number of ether oxygens (including phenoxy) is 1. The third kappa shape index (κ3) is 2.11. The molecule has 0 bridgehead atoms. The molecule has 1 aromatic carbocycles. The van der Waals surface area contributed by atoms with Crippen molar-refractivity contribution in [2.45, 2.75) is 19.8 Å². The van der Waals surface area contributed by atoms with Gasteiger partial charge in [-0.05, 0) is 30.2 Å². The highest BCUT2D eigenvalue weighted by molar-refractivity contribution is 5.67. The summed E-state index contributed by atoms with van der Waals surface area (Å²) in [6.07, 6.45) is 0. The second kappa shape index (κ2) is 4.49. The summed E-state index contributed by atoms with van der Waals surface area (Å²) >= 11 is 0.